The van der Waals surface area contributed by atoms with Crippen molar-refractivity contribution in [2.24, 2.45) is 16.5 Å². The second-order valence-electron chi connectivity index (χ2n) is 7.71. The Morgan fingerprint density at radius 2 is 1.19 bits per heavy atom. The molecule has 5 N–H and O–H groups in total. The first kappa shape index (κ1) is 25.7. The van der Waals surface area contributed by atoms with Crippen LogP contribution in [0.1, 0.15) is 116 Å². The molecule has 0 aromatic heterocycles. The number of amides is 1. The number of nitrogens with one attached hydrogen (secondary N) is 1. The lowest BCUT2D eigenvalue weighted by Crippen LogP contribution is -2.24. The third kappa shape index (κ3) is 22.7. The summed E-state index contributed by atoms with van der Waals surface area (Å²) in [6.45, 7) is 3.69. The molecule has 5 nitrogen and oxygen atoms in total. The molecule has 5 heteroatoms. The van der Waals surface area contributed by atoms with E-state index >= 15 is 0 Å². The van der Waals surface area contributed by atoms with Gasteiger partial charge < -0.3 is 16.8 Å². The summed E-state index contributed by atoms with van der Waals surface area (Å²) in [6, 6.07) is 0. The largest absolute Gasteiger partial charge is 0.370 e. The molecule has 0 rings (SSSR count). The zero-order valence-electron chi connectivity index (χ0n) is 17.9. The maximum absolute atomic E-state index is 11.7. The Balaban J connectivity index is 3.15. The van der Waals surface area contributed by atoms with Crippen LogP contribution in [0.4, 0.5) is 0 Å². The van der Waals surface area contributed by atoms with Gasteiger partial charge in [-0.1, -0.05) is 90.4 Å². The average molecular weight is 383 g/mol. The van der Waals surface area contributed by atoms with Crippen molar-refractivity contribution < 1.29 is 4.79 Å². The van der Waals surface area contributed by atoms with Crippen molar-refractivity contribution in [3.63, 3.8) is 0 Å². The van der Waals surface area contributed by atoms with Crippen molar-refractivity contribution in [3.8, 4) is 0 Å². The van der Waals surface area contributed by atoms with E-state index in [9.17, 15) is 4.79 Å². The van der Waals surface area contributed by atoms with Crippen LogP contribution < -0.4 is 16.8 Å². The molecule has 0 saturated heterocycles. The van der Waals surface area contributed by atoms with Crippen LogP contribution in [-0.2, 0) is 4.79 Å². The van der Waals surface area contributed by atoms with Crippen molar-refractivity contribution in [3.05, 3.63) is 0 Å². The zero-order chi connectivity index (χ0) is 20.0. The van der Waals surface area contributed by atoms with E-state index in [1.165, 1.54) is 83.5 Å². The van der Waals surface area contributed by atoms with Crippen LogP contribution in [0.5, 0.6) is 0 Å². The van der Waals surface area contributed by atoms with Crippen LogP contribution in [-0.4, -0.2) is 25.0 Å². The Morgan fingerprint density at radius 1 is 0.704 bits per heavy atom. The van der Waals surface area contributed by atoms with Gasteiger partial charge in [0, 0.05) is 19.5 Å². The van der Waals surface area contributed by atoms with E-state index < -0.39 is 0 Å². The number of unbranched alkanes of at least 4 members (excludes halogenated alkanes) is 14. The molecule has 0 atom stereocenters. The first-order chi connectivity index (χ1) is 13.2. The second kappa shape index (κ2) is 21.0. The Morgan fingerprint density at radius 3 is 1.67 bits per heavy atom. The van der Waals surface area contributed by atoms with Gasteiger partial charge in [-0.3, -0.25) is 9.79 Å². The minimum atomic E-state index is 0.122. The van der Waals surface area contributed by atoms with Crippen molar-refractivity contribution in [2.75, 3.05) is 13.1 Å². The fourth-order valence-electron chi connectivity index (χ4n) is 3.24. The van der Waals surface area contributed by atoms with Gasteiger partial charge in [0.1, 0.15) is 0 Å². The molecule has 0 aliphatic heterocycles. The molecule has 0 fully saturated rings. The van der Waals surface area contributed by atoms with Gasteiger partial charge in [-0.25, -0.2) is 0 Å². The molecule has 0 bridgehead atoms. The monoisotopic (exact) mass is 382 g/mol. The van der Waals surface area contributed by atoms with Crippen molar-refractivity contribution in [1.82, 2.24) is 5.32 Å². The predicted molar refractivity (Wildman–Crippen MR) is 118 cm³/mol. The highest BCUT2D eigenvalue weighted by Crippen LogP contribution is 2.12. The molecular formula is C22H46N4O. The molecular weight excluding hydrogens is 336 g/mol. The normalized spacial score (nSPS) is 10.7. The van der Waals surface area contributed by atoms with Gasteiger partial charge in [0.25, 0.3) is 0 Å². The number of aliphatic imine (C=N–C) groups is 1. The fraction of sp³-hybridized carbons (Fsp3) is 0.909. The molecule has 0 radical (unpaired) electrons. The number of rotatable bonds is 20. The quantitative estimate of drug-likeness (QED) is 0.157. The molecule has 0 spiro atoms. The molecule has 0 aliphatic rings. The maximum Gasteiger partial charge on any atom is 0.219 e. The summed E-state index contributed by atoms with van der Waals surface area (Å²) in [6.07, 6.45) is 21.3. The van der Waals surface area contributed by atoms with E-state index in [4.69, 9.17) is 11.5 Å². The van der Waals surface area contributed by atoms with E-state index in [1.807, 2.05) is 0 Å². The topological polar surface area (TPSA) is 93.5 Å². The summed E-state index contributed by atoms with van der Waals surface area (Å²) in [5.41, 5.74) is 10.5. The number of nitrogens with zero attached hydrogens (tertiary/aromatic N) is 1. The molecule has 0 aromatic rings. The minimum absolute atomic E-state index is 0.122. The predicted octanol–water partition coefficient (Wildman–Crippen LogP) is 5.03. The van der Waals surface area contributed by atoms with Crippen molar-refractivity contribution in [2.45, 2.75) is 116 Å². The van der Waals surface area contributed by atoms with Crippen LogP contribution in [0.3, 0.4) is 0 Å². The Hall–Kier alpha value is -1.26. The third-order valence-electron chi connectivity index (χ3n) is 4.96. The van der Waals surface area contributed by atoms with Gasteiger partial charge >= 0.3 is 0 Å². The number of guanidine groups is 1. The van der Waals surface area contributed by atoms with Gasteiger partial charge in [0.2, 0.25) is 5.91 Å². The number of hydrogen-bond donors (Lipinski definition) is 3. The fourth-order valence-corrected chi connectivity index (χ4v) is 3.24. The van der Waals surface area contributed by atoms with E-state index in [-0.39, 0.29) is 11.9 Å². The van der Waals surface area contributed by atoms with Crippen molar-refractivity contribution in [1.29, 1.82) is 0 Å². The zero-order valence-corrected chi connectivity index (χ0v) is 17.9. The number of hydrogen-bond acceptors (Lipinski definition) is 2. The van der Waals surface area contributed by atoms with E-state index in [0.717, 1.165) is 25.8 Å². The molecule has 0 aromatic carbocycles. The van der Waals surface area contributed by atoms with Gasteiger partial charge in [-0.15, -0.1) is 0 Å². The standard InChI is InChI=1S/C22H46N4O/c1-2-3-4-5-6-7-8-9-10-11-12-13-14-16-19-25-21(27)18-15-17-20-26-22(23)24/h2-20H2,1H3,(H,25,27)(H4,23,24,26). The first-order valence-electron chi connectivity index (χ1n) is 11.5. The summed E-state index contributed by atoms with van der Waals surface area (Å²) in [5, 5.41) is 3.00. The van der Waals surface area contributed by atoms with Gasteiger partial charge in [-0.05, 0) is 19.3 Å². The summed E-state index contributed by atoms with van der Waals surface area (Å²) in [7, 11) is 0. The molecule has 1 amide bonds. The number of carbonyl (C=O) groups is 1. The highest BCUT2D eigenvalue weighted by molar-refractivity contribution is 5.76. The van der Waals surface area contributed by atoms with Gasteiger partial charge in [0.05, 0.1) is 0 Å². The highest BCUT2D eigenvalue weighted by Gasteiger charge is 2.00. The number of nitrogens with two attached hydrogens (primary N) is 2. The third-order valence-corrected chi connectivity index (χ3v) is 4.96. The van der Waals surface area contributed by atoms with Crippen molar-refractivity contribution >= 4 is 11.9 Å². The lowest BCUT2D eigenvalue weighted by molar-refractivity contribution is -0.121. The Labute approximate surface area is 168 Å². The summed E-state index contributed by atoms with van der Waals surface area (Å²) in [5.74, 6) is 0.270. The Bertz CT molecular complexity index is 354. The SMILES string of the molecule is CCCCCCCCCCCCCCCCNC(=O)CCCCN=C(N)N. The molecule has 160 valence electrons. The molecule has 0 heterocycles. The first-order valence-corrected chi connectivity index (χ1v) is 11.5. The van der Waals surface area contributed by atoms with Crippen LogP contribution in [0.2, 0.25) is 0 Å². The molecule has 27 heavy (non-hydrogen) atoms. The summed E-state index contributed by atoms with van der Waals surface area (Å²) < 4.78 is 0. The molecule has 0 aliphatic carbocycles. The minimum Gasteiger partial charge on any atom is -0.370 e. The number of carbonyl (C=O) groups excluding carboxylic acids is 1. The van der Waals surface area contributed by atoms with Crippen LogP contribution in [0, 0.1) is 0 Å². The van der Waals surface area contributed by atoms with Crippen LogP contribution in [0.15, 0.2) is 4.99 Å². The van der Waals surface area contributed by atoms with E-state index in [0.29, 0.717) is 13.0 Å². The van der Waals surface area contributed by atoms with E-state index in [2.05, 4.69) is 17.2 Å². The summed E-state index contributed by atoms with van der Waals surface area (Å²) in [4.78, 5) is 15.6. The lowest BCUT2D eigenvalue weighted by Gasteiger charge is -2.05. The highest BCUT2D eigenvalue weighted by atomic mass is 16.1. The summed E-state index contributed by atoms with van der Waals surface area (Å²) >= 11 is 0. The lowest BCUT2D eigenvalue weighted by atomic mass is 10.0. The average Bonchev–Trinajstić information content (AvgIpc) is 2.64. The Kier molecular flexibility index (Phi) is 20.1. The van der Waals surface area contributed by atoms with Crippen LogP contribution >= 0.6 is 0 Å². The van der Waals surface area contributed by atoms with E-state index in [1.54, 1.807) is 0 Å². The van der Waals surface area contributed by atoms with Crippen LogP contribution in [0.25, 0.3) is 0 Å². The molecule has 0 saturated carbocycles. The maximum atomic E-state index is 11.7. The molecule has 0 unspecified atom stereocenters. The van der Waals surface area contributed by atoms with Gasteiger partial charge in [-0.2, -0.15) is 0 Å². The smallest absolute Gasteiger partial charge is 0.219 e. The second-order valence-corrected chi connectivity index (χ2v) is 7.71. The van der Waals surface area contributed by atoms with Gasteiger partial charge in [0.15, 0.2) is 5.96 Å².